The summed E-state index contributed by atoms with van der Waals surface area (Å²) in [6.45, 7) is 1.78. The number of sulfonamides is 1. The molecule has 0 bridgehead atoms. The van der Waals surface area contributed by atoms with Gasteiger partial charge >= 0.3 is 0 Å². The smallest absolute Gasteiger partial charge is 0.251 e. The molecular weight excluding hydrogens is 423 g/mol. The highest BCUT2D eigenvalue weighted by atomic mass is 35.5. The average Bonchev–Trinajstić information content (AvgIpc) is 3.44. The van der Waals surface area contributed by atoms with Crippen LogP contribution in [-0.2, 0) is 10.0 Å². The second-order valence-corrected chi connectivity index (χ2v) is 9.15. The number of halogens is 2. The summed E-state index contributed by atoms with van der Waals surface area (Å²) in [7, 11) is -2.39. The lowest BCUT2D eigenvalue weighted by molar-refractivity contribution is 0.0939. The molecule has 1 aliphatic rings. The van der Waals surface area contributed by atoms with Crippen molar-refractivity contribution in [3.05, 3.63) is 57.6 Å². The molecule has 0 radical (unpaired) electrons. The molecule has 0 unspecified atom stereocenters. The molecule has 9 heteroatoms. The van der Waals surface area contributed by atoms with Gasteiger partial charge in [0.25, 0.3) is 5.91 Å². The van der Waals surface area contributed by atoms with Crippen LogP contribution in [0.3, 0.4) is 0 Å². The number of benzene rings is 2. The maximum atomic E-state index is 12.7. The Balaban J connectivity index is 1.84. The molecule has 0 aliphatic heterocycles. The third-order valence-corrected chi connectivity index (χ3v) is 6.50. The number of nitrogens with one attached hydrogen (secondary N) is 2. The minimum atomic E-state index is -3.78. The predicted octanol–water partition coefficient (Wildman–Crippen LogP) is 3.93. The van der Waals surface area contributed by atoms with E-state index in [0.717, 1.165) is 12.8 Å². The molecule has 0 heterocycles. The van der Waals surface area contributed by atoms with Gasteiger partial charge in [0.05, 0.1) is 13.2 Å². The van der Waals surface area contributed by atoms with Crippen LogP contribution in [0.25, 0.3) is 0 Å². The predicted molar refractivity (Wildman–Crippen MR) is 109 cm³/mol. The van der Waals surface area contributed by atoms with Gasteiger partial charge in [-0.3, -0.25) is 4.79 Å². The van der Waals surface area contributed by atoms with Gasteiger partial charge in [-0.2, -0.15) is 0 Å². The van der Waals surface area contributed by atoms with Gasteiger partial charge in [0.15, 0.2) is 0 Å². The minimum absolute atomic E-state index is 0.0562. The number of amides is 1. The molecule has 2 aromatic carbocycles. The minimum Gasteiger partial charge on any atom is -0.495 e. The second-order valence-electron chi connectivity index (χ2n) is 6.62. The van der Waals surface area contributed by atoms with Crippen LogP contribution >= 0.6 is 23.2 Å². The first-order valence-corrected chi connectivity index (χ1v) is 10.9. The molecule has 0 saturated heterocycles. The molecule has 28 heavy (non-hydrogen) atoms. The summed E-state index contributed by atoms with van der Waals surface area (Å²) in [5.74, 6) is -0.248. The summed E-state index contributed by atoms with van der Waals surface area (Å²) in [5.41, 5.74) is 0.907. The van der Waals surface area contributed by atoms with Crippen molar-refractivity contribution in [2.75, 3.05) is 7.11 Å². The Kier molecular flexibility index (Phi) is 6.19. The number of hydrogen-bond donors (Lipinski definition) is 2. The molecule has 150 valence electrons. The van der Waals surface area contributed by atoms with E-state index in [1.807, 2.05) is 0 Å². The third-order valence-electron chi connectivity index (χ3n) is 4.39. The molecule has 0 aromatic heterocycles. The lowest BCUT2D eigenvalue weighted by Gasteiger charge is -2.17. The molecule has 1 fully saturated rings. The SMILES string of the molecule is COc1ccc(C(=O)N[C@H](C)c2ccc(Cl)cc2Cl)cc1S(=O)(=O)NC1CC1. The Morgan fingerprint density at radius 2 is 1.89 bits per heavy atom. The Morgan fingerprint density at radius 3 is 2.50 bits per heavy atom. The fraction of sp³-hybridized carbons (Fsp3) is 0.316. The van der Waals surface area contributed by atoms with Crippen LogP contribution in [0.15, 0.2) is 41.3 Å². The highest BCUT2D eigenvalue weighted by Crippen LogP contribution is 2.29. The second kappa shape index (κ2) is 8.29. The lowest BCUT2D eigenvalue weighted by Crippen LogP contribution is -2.28. The zero-order chi connectivity index (χ0) is 20.5. The Morgan fingerprint density at radius 1 is 1.18 bits per heavy atom. The van der Waals surface area contributed by atoms with Gasteiger partial charge in [-0.15, -0.1) is 0 Å². The number of rotatable bonds is 7. The van der Waals surface area contributed by atoms with Crippen LogP contribution in [0.4, 0.5) is 0 Å². The maximum absolute atomic E-state index is 12.7. The van der Waals surface area contributed by atoms with E-state index in [4.69, 9.17) is 27.9 Å². The normalized spacial score (nSPS) is 15.1. The molecule has 1 saturated carbocycles. The van der Waals surface area contributed by atoms with Gasteiger partial charge < -0.3 is 10.1 Å². The quantitative estimate of drug-likeness (QED) is 0.679. The van der Waals surface area contributed by atoms with Crippen LogP contribution in [-0.4, -0.2) is 27.5 Å². The van der Waals surface area contributed by atoms with Crippen molar-refractivity contribution in [1.29, 1.82) is 0 Å². The van der Waals surface area contributed by atoms with Gasteiger partial charge in [-0.1, -0.05) is 29.3 Å². The summed E-state index contributed by atoms with van der Waals surface area (Å²) < 4.78 is 33.0. The van der Waals surface area contributed by atoms with E-state index in [2.05, 4.69) is 10.0 Å². The number of ether oxygens (including phenoxy) is 1. The van der Waals surface area contributed by atoms with Gasteiger partial charge in [-0.05, 0) is 55.7 Å². The number of carbonyl (C=O) groups excluding carboxylic acids is 1. The monoisotopic (exact) mass is 442 g/mol. The first kappa shape index (κ1) is 20.9. The highest BCUT2D eigenvalue weighted by molar-refractivity contribution is 7.89. The van der Waals surface area contributed by atoms with E-state index < -0.39 is 22.0 Å². The van der Waals surface area contributed by atoms with E-state index in [9.17, 15) is 13.2 Å². The van der Waals surface area contributed by atoms with Crippen LogP contribution in [0.5, 0.6) is 5.75 Å². The van der Waals surface area contributed by atoms with Gasteiger partial charge in [-0.25, -0.2) is 13.1 Å². The van der Waals surface area contributed by atoms with Crippen molar-refractivity contribution in [3.8, 4) is 5.75 Å². The Labute approximate surface area is 174 Å². The molecule has 1 amide bonds. The van der Waals surface area contributed by atoms with Crippen LogP contribution < -0.4 is 14.8 Å². The molecule has 6 nitrogen and oxygen atoms in total. The van der Waals surface area contributed by atoms with Crippen LogP contribution in [0.1, 0.15) is 41.7 Å². The van der Waals surface area contributed by atoms with E-state index in [1.165, 1.54) is 25.3 Å². The molecule has 2 N–H and O–H groups in total. The topological polar surface area (TPSA) is 84.5 Å². The average molecular weight is 443 g/mol. The van der Waals surface area contributed by atoms with Crippen LogP contribution in [0.2, 0.25) is 10.0 Å². The zero-order valence-corrected chi connectivity index (χ0v) is 17.7. The van der Waals surface area contributed by atoms with E-state index in [-0.39, 0.29) is 22.3 Å². The largest absolute Gasteiger partial charge is 0.495 e. The van der Waals surface area contributed by atoms with E-state index in [0.29, 0.717) is 15.6 Å². The summed E-state index contributed by atoms with van der Waals surface area (Å²) in [6.07, 6.45) is 1.61. The van der Waals surface area contributed by atoms with E-state index in [1.54, 1.807) is 25.1 Å². The van der Waals surface area contributed by atoms with Crippen molar-refractivity contribution in [2.24, 2.45) is 0 Å². The summed E-state index contributed by atoms with van der Waals surface area (Å²) >= 11 is 12.1. The molecule has 3 rings (SSSR count). The maximum Gasteiger partial charge on any atom is 0.251 e. The first-order valence-electron chi connectivity index (χ1n) is 8.67. The Bertz CT molecular complexity index is 1010. The standard InChI is InChI=1S/C19H20Cl2N2O4S/c1-11(15-7-4-13(20)10-16(15)21)22-19(24)12-3-8-17(27-2)18(9-12)28(25,26)23-14-5-6-14/h3-4,7-11,14,23H,5-6H2,1-2H3,(H,22,24)/t11-/m1/s1. The number of methoxy groups -OCH3 is 1. The number of carbonyl (C=O) groups is 1. The van der Waals surface area contributed by atoms with E-state index >= 15 is 0 Å². The van der Waals surface area contributed by atoms with Crippen LogP contribution in [0, 0.1) is 0 Å². The molecular formula is C19H20Cl2N2O4S. The molecule has 1 atom stereocenters. The summed E-state index contributed by atoms with van der Waals surface area (Å²) in [6, 6.07) is 8.86. The highest BCUT2D eigenvalue weighted by Gasteiger charge is 2.30. The first-order chi connectivity index (χ1) is 13.2. The molecule has 0 spiro atoms. The third kappa shape index (κ3) is 4.78. The summed E-state index contributed by atoms with van der Waals surface area (Å²) in [4.78, 5) is 12.6. The Hall–Kier alpha value is -1.80. The van der Waals surface area contributed by atoms with Crippen molar-refractivity contribution in [2.45, 2.75) is 36.7 Å². The lowest BCUT2D eigenvalue weighted by atomic mass is 10.1. The number of hydrogen-bond acceptors (Lipinski definition) is 4. The fourth-order valence-corrected chi connectivity index (χ4v) is 4.79. The van der Waals surface area contributed by atoms with Crippen molar-refractivity contribution < 1.29 is 17.9 Å². The fourth-order valence-electron chi connectivity index (χ4n) is 2.72. The molecule has 1 aliphatic carbocycles. The van der Waals surface area contributed by atoms with Crippen molar-refractivity contribution >= 4 is 39.1 Å². The van der Waals surface area contributed by atoms with Gasteiger partial charge in [0.2, 0.25) is 10.0 Å². The summed E-state index contributed by atoms with van der Waals surface area (Å²) in [5, 5.41) is 3.76. The zero-order valence-electron chi connectivity index (χ0n) is 15.3. The van der Waals surface area contributed by atoms with Gasteiger partial charge in [0, 0.05) is 21.7 Å². The van der Waals surface area contributed by atoms with Crippen molar-refractivity contribution in [1.82, 2.24) is 10.0 Å². The molecule has 2 aromatic rings. The van der Waals surface area contributed by atoms with Gasteiger partial charge in [0.1, 0.15) is 10.6 Å². The van der Waals surface area contributed by atoms with Crippen molar-refractivity contribution in [3.63, 3.8) is 0 Å².